The number of imidazole rings is 1. The molecule has 1 aliphatic carbocycles. The summed E-state index contributed by atoms with van der Waals surface area (Å²) in [6.45, 7) is 5.98. The highest BCUT2D eigenvalue weighted by Crippen LogP contribution is 2.35. The molecule has 42 heavy (non-hydrogen) atoms. The Labute approximate surface area is 244 Å². The number of hydrogen-bond acceptors (Lipinski definition) is 8. The van der Waals surface area contributed by atoms with Gasteiger partial charge in [-0.3, -0.25) is 9.69 Å². The van der Waals surface area contributed by atoms with Gasteiger partial charge in [-0.15, -0.1) is 0 Å². The van der Waals surface area contributed by atoms with Crippen molar-refractivity contribution in [2.45, 2.75) is 25.3 Å². The van der Waals surface area contributed by atoms with E-state index < -0.39 is 5.54 Å². The number of fused-ring (bicyclic) bond motifs is 1. The second-order valence-electron chi connectivity index (χ2n) is 10.6. The van der Waals surface area contributed by atoms with Crippen molar-refractivity contribution < 1.29 is 14.3 Å². The summed E-state index contributed by atoms with van der Waals surface area (Å²) in [5, 5.41) is 6.42. The minimum atomic E-state index is -0.513. The van der Waals surface area contributed by atoms with E-state index in [9.17, 15) is 4.79 Å². The molecule has 10 heteroatoms. The zero-order valence-electron chi connectivity index (χ0n) is 23.8. The Balaban J connectivity index is 1.09. The highest BCUT2D eigenvalue weighted by Gasteiger charge is 2.42. The number of hydrogen-bond donors (Lipinski definition) is 2. The molecule has 2 N–H and O–H groups in total. The third-order valence-corrected chi connectivity index (χ3v) is 7.36. The zero-order valence-corrected chi connectivity index (χ0v) is 23.8. The molecule has 4 aromatic rings. The van der Waals surface area contributed by atoms with Crippen molar-refractivity contribution in [2.75, 3.05) is 38.2 Å². The first-order chi connectivity index (χ1) is 20.5. The average Bonchev–Trinajstić information content (AvgIpc) is 3.66. The van der Waals surface area contributed by atoms with Gasteiger partial charge < -0.3 is 24.7 Å². The van der Waals surface area contributed by atoms with Gasteiger partial charge in [-0.05, 0) is 55.7 Å². The maximum Gasteiger partial charge on any atom is 0.244 e. The number of rotatable bonds is 8. The smallest absolute Gasteiger partial charge is 0.244 e. The molecule has 1 amide bonds. The van der Waals surface area contributed by atoms with Crippen LogP contribution in [0.3, 0.4) is 0 Å². The van der Waals surface area contributed by atoms with E-state index in [1.165, 1.54) is 6.33 Å². The zero-order chi connectivity index (χ0) is 28.9. The highest BCUT2D eigenvalue weighted by molar-refractivity contribution is 5.89. The Morgan fingerprint density at radius 2 is 2.02 bits per heavy atom. The first-order valence-corrected chi connectivity index (χ1v) is 14.0. The second kappa shape index (κ2) is 12.0. The molecular weight excluding hydrogens is 530 g/mol. The van der Waals surface area contributed by atoms with Crippen LogP contribution >= 0.6 is 0 Å². The molecule has 1 saturated heterocycles. The van der Waals surface area contributed by atoms with Gasteiger partial charge in [-0.25, -0.2) is 15.0 Å². The van der Waals surface area contributed by atoms with Crippen LogP contribution in [0.4, 0.5) is 11.5 Å². The molecule has 2 fully saturated rings. The minimum Gasteiger partial charge on any atom is -0.457 e. The van der Waals surface area contributed by atoms with Crippen molar-refractivity contribution in [3.63, 3.8) is 0 Å². The lowest BCUT2D eigenvalue weighted by atomic mass is 10.2. The molecule has 0 unspecified atom stereocenters. The Hall–Kier alpha value is -4.72. The number of amides is 1. The third-order valence-electron chi connectivity index (χ3n) is 7.36. The maximum absolute atomic E-state index is 12.5. The van der Waals surface area contributed by atoms with Crippen LogP contribution in [0.15, 0.2) is 67.4 Å². The Bertz CT molecular complexity index is 1690. The Morgan fingerprint density at radius 1 is 1.17 bits per heavy atom. The maximum atomic E-state index is 12.5. The van der Waals surface area contributed by atoms with Gasteiger partial charge in [0, 0.05) is 50.7 Å². The normalized spacial score (nSPS) is 16.1. The predicted octanol–water partition coefficient (Wildman–Crippen LogP) is 4.10. The van der Waals surface area contributed by atoms with Gasteiger partial charge in [0.25, 0.3) is 0 Å². The summed E-state index contributed by atoms with van der Waals surface area (Å²) in [6, 6.07) is 11.7. The van der Waals surface area contributed by atoms with Crippen LogP contribution in [0.2, 0.25) is 0 Å². The topological polar surface area (TPSA) is 106 Å². The number of carbonyl (C=O) groups excluding carboxylic acids is 1. The molecule has 0 bridgehead atoms. The van der Waals surface area contributed by atoms with Crippen LogP contribution in [0, 0.1) is 18.8 Å². The average molecular weight is 564 g/mol. The molecular formula is C32H33N7O3. The summed E-state index contributed by atoms with van der Waals surface area (Å²) >= 11 is 0. The number of nitrogens with zero attached hydrogens (tertiary/aromatic N) is 5. The quantitative estimate of drug-likeness (QED) is 0.244. The molecule has 214 valence electrons. The number of anilines is 2. The number of morpholine rings is 1. The molecule has 3 heterocycles. The largest absolute Gasteiger partial charge is 0.457 e. The van der Waals surface area contributed by atoms with Crippen molar-refractivity contribution in [1.82, 2.24) is 29.7 Å². The van der Waals surface area contributed by atoms with Crippen LogP contribution in [0.25, 0.3) is 11.0 Å². The van der Waals surface area contributed by atoms with E-state index in [1.807, 2.05) is 61.0 Å². The van der Waals surface area contributed by atoms with Gasteiger partial charge in [0.2, 0.25) is 5.91 Å². The van der Waals surface area contributed by atoms with Crippen molar-refractivity contribution >= 4 is 28.4 Å². The van der Waals surface area contributed by atoms with Gasteiger partial charge in [0.1, 0.15) is 29.2 Å². The monoisotopic (exact) mass is 563 g/mol. The lowest BCUT2D eigenvalue weighted by Crippen LogP contribution is -2.37. The second-order valence-corrected chi connectivity index (χ2v) is 10.6. The molecule has 2 aromatic heterocycles. The van der Waals surface area contributed by atoms with E-state index in [0.29, 0.717) is 11.4 Å². The van der Waals surface area contributed by atoms with Gasteiger partial charge >= 0.3 is 0 Å². The lowest BCUT2D eigenvalue weighted by Gasteiger charge is -2.25. The molecule has 0 spiro atoms. The highest BCUT2D eigenvalue weighted by atomic mass is 16.5. The summed E-state index contributed by atoms with van der Waals surface area (Å²) in [7, 11) is 1.97. The van der Waals surface area contributed by atoms with Crippen LogP contribution in [0.1, 0.15) is 24.0 Å². The van der Waals surface area contributed by atoms with Crippen molar-refractivity contribution in [1.29, 1.82) is 0 Å². The number of benzene rings is 2. The van der Waals surface area contributed by atoms with Gasteiger partial charge in [-0.2, -0.15) is 0 Å². The van der Waals surface area contributed by atoms with E-state index in [-0.39, 0.29) is 5.91 Å². The van der Waals surface area contributed by atoms with Crippen molar-refractivity contribution in [3.05, 3.63) is 78.5 Å². The standard InChI is InChI=1S/C32H33N7O3/c1-23-18-25(5-8-29(23)42-26-6-7-28-27(19-26)35-22-38(28)2)36-31-24(20-33-21-34-31)9-10-32(11-12-32)37-30(40)4-3-13-39-14-16-41-17-15-39/h3-8,18-22H,11-17H2,1-2H3,(H,37,40)(H,33,34,36)/b4-3+. The molecule has 2 aromatic carbocycles. The summed E-state index contributed by atoms with van der Waals surface area (Å²) < 4.78 is 13.5. The van der Waals surface area contributed by atoms with E-state index >= 15 is 0 Å². The van der Waals surface area contributed by atoms with Crippen LogP contribution in [-0.2, 0) is 16.6 Å². The van der Waals surface area contributed by atoms with Crippen LogP contribution in [0.5, 0.6) is 11.5 Å². The molecule has 10 nitrogen and oxygen atoms in total. The fraction of sp³-hybridized carbons (Fsp3) is 0.312. The van der Waals surface area contributed by atoms with Crippen LogP contribution in [-0.4, -0.2) is 68.7 Å². The van der Waals surface area contributed by atoms with E-state index in [0.717, 1.165) is 79.5 Å². The summed E-state index contributed by atoms with van der Waals surface area (Å²) in [6.07, 6.45) is 10.1. The van der Waals surface area contributed by atoms with E-state index in [4.69, 9.17) is 9.47 Å². The van der Waals surface area contributed by atoms with Crippen LogP contribution < -0.4 is 15.4 Å². The third kappa shape index (κ3) is 6.60. The number of aromatic nitrogens is 4. The fourth-order valence-corrected chi connectivity index (χ4v) is 4.77. The van der Waals surface area contributed by atoms with E-state index in [2.05, 4.69) is 42.3 Å². The summed E-state index contributed by atoms with van der Waals surface area (Å²) in [5.74, 6) is 8.40. The number of carbonyl (C=O) groups is 1. The summed E-state index contributed by atoms with van der Waals surface area (Å²) in [4.78, 5) is 27.8. The summed E-state index contributed by atoms with van der Waals surface area (Å²) in [5.41, 5.74) is 3.89. The van der Waals surface area contributed by atoms with Crippen molar-refractivity contribution in [3.8, 4) is 23.3 Å². The predicted molar refractivity (Wildman–Crippen MR) is 161 cm³/mol. The van der Waals surface area contributed by atoms with E-state index in [1.54, 1.807) is 18.6 Å². The Morgan fingerprint density at radius 3 is 2.83 bits per heavy atom. The lowest BCUT2D eigenvalue weighted by molar-refractivity contribution is -0.117. The van der Waals surface area contributed by atoms with Gasteiger partial charge in [0.15, 0.2) is 0 Å². The molecule has 0 atom stereocenters. The number of ether oxygens (including phenoxy) is 2. The molecule has 0 radical (unpaired) electrons. The molecule has 2 aliphatic rings. The molecule has 1 aliphatic heterocycles. The Kier molecular flexibility index (Phi) is 7.86. The number of aryl methyl sites for hydroxylation is 2. The SMILES string of the molecule is Cc1cc(Nc2ncncc2C#CC2(NC(=O)/C=C/CN3CCOCC3)CC2)ccc1Oc1ccc2c(c1)ncn2C. The number of nitrogens with one attached hydrogen (secondary N) is 2. The first-order valence-electron chi connectivity index (χ1n) is 14.0. The first kappa shape index (κ1) is 27.4. The molecule has 1 saturated carbocycles. The van der Waals surface area contributed by atoms with Gasteiger partial charge in [-0.1, -0.05) is 17.9 Å². The minimum absolute atomic E-state index is 0.129. The fourth-order valence-electron chi connectivity index (χ4n) is 4.77. The molecule has 6 rings (SSSR count). The van der Waals surface area contributed by atoms with Gasteiger partial charge in [0.05, 0.1) is 36.1 Å². The van der Waals surface area contributed by atoms with Crippen molar-refractivity contribution in [2.24, 2.45) is 7.05 Å².